The first-order chi connectivity index (χ1) is 14.2. The van der Waals surface area contributed by atoms with E-state index in [9.17, 15) is 4.39 Å². The Hall–Kier alpha value is -2.84. The van der Waals surface area contributed by atoms with Crippen LogP contribution >= 0.6 is 0 Å². The molecular formula is C21H23FN4O3. The number of benzene rings is 1. The van der Waals surface area contributed by atoms with E-state index in [0.717, 1.165) is 19.4 Å². The third-order valence-electron chi connectivity index (χ3n) is 4.94. The van der Waals surface area contributed by atoms with Crippen LogP contribution in [0.1, 0.15) is 30.3 Å². The van der Waals surface area contributed by atoms with E-state index in [4.69, 9.17) is 14.0 Å². The van der Waals surface area contributed by atoms with E-state index in [2.05, 4.69) is 20.0 Å². The molecule has 1 aromatic carbocycles. The molecule has 3 aromatic rings. The fourth-order valence-corrected chi connectivity index (χ4v) is 3.48. The molecule has 1 aliphatic heterocycles. The van der Waals surface area contributed by atoms with Crippen molar-refractivity contribution in [3.05, 3.63) is 59.9 Å². The van der Waals surface area contributed by atoms with Crippen molar-refractivity contribution in [2.24, 2.45) is 0 Å². The van der Waals surface area contributed by atoms with Crippen molar-refractivity contribution in [2.75, 3.05) is 26.9 Å². The number of rotatable bonds is 8. The predicted molar refractivity (Wildman–Crippen MR) is 104 cm³/mol. The van der Waals surface area contributed by atoms with Crippen molar-refractivity contribution in [2.45, 2.75) is 25.4 Å². The molecule has 29 heavy (non-hydrogen) atoms. The standard InChI is InChI=1S/C21H23FN4O3/c1-27-11-12-28-16-8-9-23-18(13-16)20-24-21(29-25-20)19-7-4-10-26(19)14-15-5-2-3-6-17(15)22/h2-3,5-6,8-9,13,19H,4,7,10-12,14H2,1H3/t19-/m1/s1. The fourth-order valence-electron chi connectivity index (χ4n) is 3.48. The third kappa shape index (κ3) is 4.60. The second-order valence-electron chi connectivity index (χ2n) is 6.89. The number of hydrogen-bond donors (Lipinski definition) is 0. The van der Waals surface area contributed by atoms with E-state index in [1.807, 2.05) is 12.1 Å². The van der Waals surface area contributed by atoms with E-state index in [1.165, 1.54) is 6.07 Å². The quantitative estimate of drug-likeness (QED) is 0.537. The topological polar surface area (TPSA) is 73.5 Å². The lowest BCUT2D eigenvalue weighted by Gasteiger charge is -2.21. The highest BCUT2D eigenvalue weighted by atomic mass is 19.1. The maximum atomic E-state index is 14.0. The zero-order chi connectivity index (χ0) is 20.1. The molecule has 152 valence electrons. The summed E-state index contributed by atoms with van der Waals surface area (Å²) in [5, 5.41) is 4.10. The molecule has 0 amide bonds. The van der Waals surface area contributed by atoms with Gasteiger partial charge in [0, 0.05) is 31.5 Å². The number of likely N-dealkylation sites (tertiary alicyclic amines) is 1. The van der Waals surface area contributed by atoms with Crippen LogP contribution in [0.25, 0.3) is 11.5 Å². The van der Waals surface area contributed by atoms with E-state index in [1.54, 1.807) is 31.5 Å². The van der Waals surface area contributed by atoms with E-state index in [-0.39, 0.29) is 11.9 Å². The maximum absolute atomic E-state index is 14.0. The first-order valence-corrected chi connectivity index (χ1v) is 9.64. The molecule has 0 radical (unpaired) electrons. The summed E-state index contributed by atoms with van der Waals surface area (Å²) in [6.07, 6.45) is 3.54. The van der Waals surface area contributed by atoms with Gasteiger partial charge in [-0.1, -0.05) is 23.4 Å². The van der Waals surface area contributed by atoms with Gasteiger partial charge in [0.1, 0.15) is 23.9 Å². The van der Waals surface area contributed by atoms with Crippen molar-refractivity contribution in [3.63, 3.8) is 0 Å². The lowest BCUT2D eigenvalue weighted by Crippen LogP contribution is -2.23. The molecule has 1 aliphatic rings. The van der Waals surface area contributed by atoms with Gasteiger partial charge in [0.2, 0.25) is 11.7 Å². The molecule has 0 saturated carbocycles. The average Bonchev–Trinajstić information content (AvgIpc) is 3.40. The second kappa shape index (κ2) is 9.11. The van der Waals surface area contributed by atoms with Gasteiger partial charge in [0.15, 0.2) is 0 Å². The van der Waals surface area contributed by atoms with E-state index < -0.39 is 0 Å². The van der Waals surface area contributed by atoms with Gasteiger partial charge < -0.3 is 14.0 Å². The maximum Gasteiger partial charge on any atom is 0.244 e. The first-order valence-electron chi connectivity index (χ1n) is 9.64. The summed E-state index contributed by atoms with van der Waals surface area (Å²) in [5.41, 5.74) is 1.25. The van der Waals surface area contributed by atoms with Crippen molar-refractivity contribution in [3.8, 4) is 17.3 Å². The zero-order valence-electron chi connectivity index (χ0n) is 16.3. The summed E-state index contributed by atoms with van der Waals surface area (Å²) in [6, 6.07) is 10.4. The molecule has 8 heteroatoms. The average molecular weight is 398 g/mol. The lowest BCUT2D eigenvalue weighted by molar-refractivity contribution is 0.146. The Labute approximate surface area is 168 Å². The normalized spacial score (nSPS) is 17.0. The largest absolute Gasteiger partial charge is 0.491 e. The molecule has 1 fully saturated rings. The summed E-state index contributed by atoms with van der Waals surface area (Å²) in [5.74, 6) is 1.41. The first kappa shape index (κ1) is 19.5. The molecule has 0 N–H and O–H groups in total. The minimum absolute atomic E-state index is 0.0306. The van der Waals surface area contributed by atoms with Crippen molar-refractivity contribution >= 4 is 0 Å². The molecule has 4 rings (SSSR count). The summed E-state index contributed by atoms with van der Waals surface area (Å²) >= 11 is 0. The molecular weight excluding hydrogens is 375 g/mol. The summed E-state index contributed by atoms with van der Waals surface area (Å²) in [7, 11) is 1.63. The van der Waals surface area contributed by atoms with Gasteiger partial charge in [0.25, 0.3) is 0 Å². The highest BCUT2D eigenvalue weighted by molar-refractivity contribution is 5.50. The van der Waals surface area contributed by atoms with Gasteiger partial charge in [-0.15, -0.1) is 0 Å². The highest BCUT2D eigenvalue weighted by Gasteiger charge is 2.31. The van der Waals surface area contributed by atoms with Crippen molar-refractivity contribution in [1.29, 1.82) is 0 Å². The Morgan fingerprint density at radius 3 is 3.00 bits per heavy atom. The zero-order valence-corrected chi connectivity index (χ0v) is 16.3. The molecule has 1 atom stereocenters. The van der Waals surface area contributed by atoms with Gasteiger partial charge in [-0.05, 0) is 31.5 Å². The minimum atomic E-state index is -0.196. The minimum Gasteiger partial charge on any atom is -0.491 e. The van der Waals surface area contributed by atoms with Gasteiger partial charge in [-0.25, -0.2) is 4.39 Å². The monoisotopic (exact) mass is 398 g/mol. The van der Waals surface area contributed by atoms with Gasteiger partial charge in [-0.2, -0.15) is 4.98 Å². The van der Waals surface area contributed by atoms with Crippen LogP contribution in [0.5, 0.6) is 5.75 Å². The van der Waals surface area contributed by atoms with Gasteiger partial charge in [0.05, 0.1) is 12.6 Å². The molecule has 0 aliphatic carbocycles. The molecule has 1 saturated heterocycles. The Kier molecular flexibility index (Phi) is 6.12. The Morgan fingerprint density at radius 2 is 2.14 bits per heavy atom. The molecule has 0 spiro atoms. The number of nitrogens with zero attached hydrogens (tertiary/aromatic N) is 4. The number of ether oxygens (including phenoxy) is 2. The summed E-state index contributed by atoms with van der Waals surface area (Å²) in [6.45, 7) is 2.32. The van der Waals surface area contributed by atoms with Crippen LogP contribution in [0.4, 0.5) is 4.39 Å². The Morgan fingerprint density at radius 1 is 1.24 bits per heavy atom. The molecule has 0 bridgehead atoms. The fraction of sp³-hybridized carbons (Fsp3) is 0.381. The lowest BCUT2D eigenvalue weighted by atomic mass is 10.1. The Bertz CT molecular complexity index is 949. The molecule has 3 heterocycles. The van der Waals surface area contributed by atoms with E-state index in [0.29, 0.717) is 48.5 Å². The van der Waals surface area contributed by atoms with Crippen LogP contribution < -0.4 is 4.74 Å². The van der Waals surface area contributed by atoms with E-state index >= 15 is 0 Å². The van der Waals surface area contributed by atoms with Gasteiger partial charge >= 0.3 is 0 Å². The number of hydrogen-bond acceptors (Lipinski definition) is 7. The second-order valence-corrected chi connectivity index (χ2v) is 6.89. The summed E-state index contributed by atoms with van der Waals surface area (Å²) < 4.78 is 30.2. The number of methoxy groups -OCH3 is 1. The van der Waals surface area contributed by atoms with Crippen LogP contribution in [-0.2, 0) is 11.3 Å². The molecule has 7 nitrogen and oxygen atoms in total. The number of pyridine rings is 1. The van der Waals surface area contributed by atoms with Crippen molar-refractivity contribution in [1.82, 2.24) is 20.0 Å². The molecule has 0 unspecified atom stereocenters. The number of aromatic nitrogens is 3. The van der Waals surface area contributed by atoms with Crippen LogP contribution in [0.2, 0.25) is 0 Å². The predicted octanol–water partition coefficient (Wildman–Crippen LogP) is 3.63. The molecule has 2 aromatic heterocycles. The van der Waals surface area contributed by atoms with Gasteiger partial charge in [-0.3, -0.25) is 9.88 Å². The third-order valence-corrected chi connectivity index (χ3v) is 4.94. The van der Waals surface area contributed by atoms with Crippen LogP contribution in [0, 0.1) is 5.82 Å². The van der Waals surface area contributed by atoms with Crippen LogP contribution in [0.3, 0.4) is 0 Å². The van der Waals surface area contributed by atoms with Crippen LogP contribution in [-0.4, -0.2) is 46.9 Å². The van der Waals surface area contributed by atoms with Crippen molar-refractivity contribution < 1.29 is 18.4 Å². The smallest absolute Gasteiger partial charge is 0.244 e. The SMILES string of the molecule is COCCOc1ccnc(-c2noc([C@H]3CCCN3Cc3ccccc3F)n2)c1. The Balaban J connectivity index is 1.48. The number of halogens is 1. The highest BCUT2D eigenvalue weighted by Crippen LogP contribution is 2.33. The van der Waals surface area contributed by atoms with Crippen LogP contribution in [0.15, 0.2) is 47.1 Å². The summed E-state index contributed by atoms with van der Waals surface area (Å²) in [4.78, 5) is 11.0.